The standard InChI is InChI=1S/C14H23N3O2/c1-15-8-10-17(2)12-14(18)16-9-11-19-13-6-4-3-5-7-13/h3-7,15H,8-12H2,1-2H3,(H,16,18). The van der Waals surface area contributed by atoms with Crippen molar-refractivity contribution in [2.24, 2.45) is 0 Å². The average molecular weight is 265 g/mol. The summed E-state index contributed by atoms with van der Waals surface area (Å²) in [6, 6.07) is 9.58. The van der Waals surface area contributed by atoms with E-state index in [9.17, 15) is 4.79 Å². The Balaban J connectivity index is 2.07. The van der Waals surface area contributed by atoms with Crippen LogP contribution in [0.25, 0.3) is 0 Å². The third kappa shape index (κ3) is 7.43. The summed E-state index contributed by atoms with van der Waals surface area (Å²) in [7, 11) is 3.83. The van der Waals surface area contributed by atoms with E-state index < -0.39 is 0 Å². The molecular formula is C14H23N3O2. The van der Waals surface area contributed by atoms with Crippen LogP contribution in [0, 0.1) is 0 Å². The lowest BCUT2D eigenvalue weighted by atomic mass is 10.3. The summed E-state index contributed by atoms with van der Waals surface area (Å²) in [5.74, 6) is 0.846. The molecular weight excluding hydrogens is 242 g/mol. The SMILES string of the molecule is CNCCN(C)CC(=O)NCCOc1ccccc1. The molecule has 5 nitrogen and oxygen atoms in total. The highest BCUT2D eigenvalue weighted by atomic mass is 16.5. The van der Waals surface area contributed by atoms with Gasteiger partial charge in [-0.1, -0.05) is 18.2 Å². The molecule has 0 saturated carbocycles. The van der Waals surface area contributed by atoms with E-state index in [4.69, 9.17) is 4.74 Å². The fourth-order valence-corrected chi connectivity index (χ4v) is 1.56. The number of hydrogen-bond donors (Lipinski definition) is 2. The number of likely N-dealkylation sites (N-methyl/N-ethyl adjacent to an activating group) is 2. The van der Waals surface area contributed by atoms with E-state index in [0.29, 0.717) is 19.7 Å². The van der Waals surface area contributed by atoms with Gasteiger partial charge in [0.15, 0.2) is 0 Å². The molecule has 0 fully saturated rings. The van der Waals surface area contributed by atoms with Crippen molar-refractivity contribution in [2.75, 3.05) is 46.9 Å². The van der Waals surface area contributed by atoms with Crippen LogP contribution in [0.5, 0.6) is 5.75 Å². The molecule has 106 valence electrons. The first-order valence-electron chi connectivity index (χ1n) is 6.50. The van der Waals surface area contributed by atoms with Gasteiger partial charge >= 0.3 is 0 Å². The van der Waals surface area contributed by atoms with Crippen molar-refractivity contribution in [1.82, 2.24) is 15.5 Å². The molecule has 1 rings (SSSR count). The van der Waals surface area contributed by atoms with Gasteiger partial charge in [-0.3, -0.25) is 9.69 Å². The molecule has 5 heteroatoms. The van der Waals surface area contributed by atoms with Crippen LogP contribution < -0.4 is 15.4 Å². The van der Waals surface area contributed by atoms with Gasteiger partial charge in [-0.25, -0.2) is 0 Å². The molecule has 0 aliphatic rings. The molecule has 1 amide bonds. The lowest BCUT2D eigenvalue weighted by Crippen LogP contribution is -2.39. The number of para-hydroxylation sites is 1. The first-order valence-corrected chi connectivity index (χ1v) is 6.50. The van der Waals surface area contributed by atoms with Crippen molar-refractivity contribution < 1.29 is 9.53 Å². The predicted octanol–water partition coefficient (Wildman–Crippen LogP) is 0.333. The number of hydrogen-bond acceptors (Lipinski definition) is 4. The second kappa shape index (κ2) is 9.35. The Kier molecular flexibility index (Phi) is 7.62. The highest BCUT2D eigenvalue weighted by molar-refractivity contribution is 5.77. The molecule has 0 aromatic heterocycles. The van der Waals surface area contributed by atoms with E-state index >= 15 is 0 Å². The monoisotopic (exact) mass is 265 g/mol. The van der Waals surface area contributed by atoms with Gasteiger partial charge in [-0.05, 0) is 26.2 Å². The van der Waals surface area contributed by atoms with Gasteiger partial charge in [-0.15, -0.1) is 0 Å². The number of nitrogens with zero attached hydrogens (tertiary/aromatic N) is 1. The summed E-state index contributed by atoms with van der Waals surface area (Å²) in [6.45, 7) is 3.14. The van der Waals surface area contributed by atoms with E-state index in [0.717, 1.165) is 18.8 Å². The maximum absolute atomic E-state index is 11.6. The van der Waals surface area contributed by atoms with E-state index in [1.807, 2.05) is 49.3 Å². The number of nitrogens with one attached hydrogen (secondary N) is 2. The van der Waals surface area contributed by atoms with Crippen LogP contribution in [0.4, 0.5) is 0 Å². The van der Waals surface area contributed by atoms with Crippen molar-refractivity contribution in [3.05, 3.63) is 30.3 Å². The Bertz CT molecular complexity index is 357. The highest BCUT2D eigenvalue weighted by Crippen LogP contribution is 2.07. The molecule has 0 aliphatic carbocycles. The summed E-state index contributed by atoms with van der Waals surface area (Å²) in [6.07, 6.45) is 0. The summed E-state index contributed by atoms with van der Waals surface area (Å²) in [5, 5.41) is 5.88. The fourth-order valence-electron chi connectivity index (χ4n) is 1.56. The Morgan fingerprint density at radius 2 is 2.00 bits per heavy atom. The fraction of sp³-hybridized carbons (Fsp3) is 0.500. The third-order valence-corrected chi connectivity index (χ3v) is 2.59. The molecule has 0 saturated heterocycles. The zero-order valence-electron chi connectivity index (χ0n) is 11.7. The molecule has 0 aliphatic heterocycles. The highest BCUT2D eigenvalue weighted by Gasteiger charge is 2.05. The molecule has 1 aromatic rings. The first-order chi connectivity index (χ1) is 9.22. The largest absolute Gasteiger partial charge is 0.492 e. The van der Waals surface area contributed by atoms with Gasteiger partial charge < -0.3 is 15.4 Å². The van der Waals surface area contributed by atoms with Gasteiger partial charge in [0.05, 0.1) is 13.1 Å². The van der Waals surface area contributed by atoms with Crippen LogP contribution in [-0.4, -0.2) is 57.7 Å². The van der Waals surface area contributed by atoms with Crippen LogP contribution >= 0.6 is 0 Å². The van der Waals surface area contributed by atoms with Crippen molar-refractivity contribution in [3.8, 4) is 5.75 Å². The second-order valence-electron chi connectivity index (χ2n) is 4.35. The predicted molar refractivity (Wildman–Crippen MR) is 76.4 cm³/mol. The molecule has 0 unspecified atom stereocenters. The Hall–Kier alpha value is -1.59. The van der Waals surface area contributed by atoms with Gasteiger partial charge in [0.25, 0.3) is 0 Å². The molecule has 19 heavy (non-hydrogen) atoms. The summed E-state index contributed by atoms with van der Waals surface area (Å²) in [5.41, 5.74) is 0. The zero-order chi connectivity index (χ0) is 13.9. The molecule has 2 N–H and O–H groups in total. The number of benzene rings is 1. The van der Waals surface area contributed by atoms with Crippen LogP contribution in [0.1, 0.15) is 0 Å². The minimum atomic E-state index is 0.0234. The minimum absolute atomic E-state index is 0.0234. The summed E-state index contributed by atoms with van der Waals surface area (Å²) < 4.78 is 5.49. The van der Waals surface area contributed by atoms with Crippen LogP contribution in [0.15, 0.2) is 30.3 Å². The van der Waals surface area contributed by atoms with Crippen LogP contribution in [-0.2, 0) is 4.79 Å². The first kappa shape index (κ1) is 15.5. The Morgan fingerprint density at radius 3 is 2.68 bits per heavy atom. The summed E-state index contributed by atoms with van der Waals surface area (Å²) >= 11 is 0. The van der Waals surface area contributed by atoms with Gasteiger partial charge in [0.1, 0.15) is 12.4 Å². The van der Waals surface area contributed by atoms with Crippen LogP contribution in [0.3, 0.4) is 0 Å². The summed E-state index contributed by atoms with van der Waals surface area (Å²) in [4.78, 5) is 13.6. The number of amides is 1. The molecule has 0 atom stereocenters. The van der Waals surface area contributed by atoms with Gasteiger partial charge in [0, 0.05) is 13.1 Å². The number of carbonyl (C=O) groups is 1. The topological polar surface area (TPSA) is 53.6 Å². The number of ether oxygens (including phenoxy) is 1. The van der Waals surface area contributed by atoms with Crippen LogP contribution in [0.2, 0.25) is 0 Å². The van der Waals surface area contributed by atoms with E-state index in [1.165, 1.54) is 0 Å². The van der Waals surface area contributed by atoms with Crippen molar-refractivity contribution >= 4 is 5.91 Å². The van der Waals surface area contributed by atoms with Gasteiger partial charge in [-0.2, -0.15) is 0 Å². The Labute approximate surface area is 114 Å². The lowest BCUT2D eigenvalue weighted by Gasteiger charge is -2.15. The van der Waals surface area contributed by atoms with Crippen molar-refractivity contribution in [3.63, 3.8) is 0 Å². The maximum atomic E-state index is 11.6. The molecule has 0 radical (unpaired) electrons. The van der Waals surface area contributed by atoms with Gasteiger partial charge in [0.2, 0.25) is 5.91 Å². The maximum Gasteiger partial charge on any atom is 0.234 e. The normalized spacial score (nSPS) is 10.5. The van der Waals surface area contributed by atoms with E-state index in [2.05, 4.69) is 10.6 Å². The zero-order valence-corrected chi connectivity index (χ0v) is 11.7. The Morgan fingerprint density at radius 1 is 1.26 bits per heavy atom. The van der Waals surface area contributed by atoms with E-state index in [-0.39, 0.29) is 5.91 Å². The average Bonchev–Trinajstić information content (AvgIpc) is 2.42. The third-order valence-electron chi connectivity index (χ3n) is 2.59. The smallest absolute Gasteiger partial charge is 0.234 e. The molecule has 1 aromatic carbocycles. The molecule has 0 spiro atoms. The molecule has 0 heterocycles. The number of carbonyl (C=O) groups excluding carboxylic acids is 1. The lowest BCUT2D eigenvalue weighted by molar-refractivity contribution is -0.122. The molecule has 0 bridgehead atoms. The number of rotatable bonds is 9. The second-order valence-corrected chi connectivity index (χ2v) is 4.35. The quantitative estimate of drug-likeness (QED) is 0.632. The minimum Gasteiger partial charge on any atom is -0.492 e. The van der Waals surface area contributed by atoms with E-state index in [1.54, 1.807) is 0 Å². The van der Waals surface area contributed by atoms with Crippen molar-refractivity contribution in [2.45, 2.75) is 0 Å². The van der Waals surface area contributed by atoms with Crippen molar-refractivity contribution in [1.29, 1.82) is 0 Å².